The molecule has 2 aromatic carbocycles. The molecule has 0 atom stereocenters. The van der Waals surface area contributed by atoms with E-state index in [4.69, 9.17) is 0 Å². The van der Waals surface area contributed by atoms with E-state index in [-0.39, 0.29) is 5.91 Å². The van der Waals surface area contributed by atoms with Crippen molar-refractivity contribution < 1.29 is 4.79 Å². The Hall–Kier alpha value is -2.75. The zero-order chi connectivity index (χ0) is 15.8. The van der Waals surface area contributed by atoms with Gasteiger partial charge in [-0.3, -0.25) is 4.79 Å². The SMILES string of the molecule is CC(=O)N1CCc2cc(NCc3c[nH]c4ccccc34)ccc21. The van der Waals surface area contributed by atoms with Crippen molar-refractivity contribution in [2.75, 3.05) is 16.8 Å². The highest BCUT2D eigenvalue weighted by Gasteiger charge is 2.21. The first-order chi connectivity index (χ1) is 11.2. The molecule has 4 rings (SSSR count). The van der Waals surface area contributed by atoms with Crippen LogP contribution in [0.1, 0.15) is 18.1 Å². The Kier molecular flexibility index (Phi) is 3.30. The van der Waals surface area contributed by atoms with E-state index in [1.165, 1.54) is 16.5 Å². The molecule has 0 saturated heterocycles. The molecular formula is C19H19N3O. The topological polar surface area (TPSA) is 48.1 Å². The molecule has 0 radical (unpaired) electrons. The lowest BCUT2D eigenvalue weighted by molar-refractivity contribution is -0.116. The summed E-state index contributed by atoms with van der Waals surface area (Å²) in [6, 6.07) is 14.6. The van der Waals surface area contributed by atoms with Crippen LogP contribution in [0.15, 0.2) is 48.7 Å². The van der Waals surface area contributed by atoms with Gasteiger partial charge in [0.2, 0.25) is 5.91 Å². The highest BCUT2D eigenvalue weighted by atomic mass is 16.2. The quantitative estimate of drug-likeness (QED) is 0.775. The zero-order valence-corrected chi connectivity index (χ0v) is 13.1. The maximum atomic E-state index is 11.6. The number of hydrogen-bond acceptors (Lipinski definition) is 2. The van der Waals surface area contributed by atoms with Crippen molar-refractivity contribution in [2.24, 2.45) is 0 Å². The van der Waals surface area contributed by atoms with Gasteiger partial charge in [-0.15, -0.1) is 0 Å². The Morgan fingerprint density at radius 2 is 2.13 bits per heavy atom. The summed E-state index contributed by atoms with van der Waals surface area (Å²) in [6.45, 7) is 3.19. The van der Waals surface area contributed by atoms with Crippen molar-refractivity contribution in [1.29, 1.82) is 0 Å². The second-order valence-corrected chi connectivity index (χ2v) is 5.98. The molecule has 0 spiro atoms. The number of amides is 1. The Morgan fingerprint density at radius 3 is 3.00 bits per heavy atom. The molecule has 116 valence electrons. The zero-order valence-electron chi connectivity index (χ0n) is 13.1. The number of carbonyl (C=O) groups is 1. The number of aromatic amines is 1. The number of benzene rings is 2. The van der Waals surface area contributed by atoms with E-state index in [0.29, 0.717) is 0 Å². The van der Waals surface area contributed by atoms with Crippen molar-refractivity contribution >= 4 is 28.2 Å². The van der Waals surface area contributed by atoms with Gasteiger partial charge in [0.05, 0.1) is 0 Å². The largest absolute Gasteiger partial charge is 0.381 e. The molecule has 0 aliphatic carbocycles. The fourth-order valence-corrected chi connectivity index (χ4v) is 3.31. The number of H-pyrrole nitrogens is 1. The molecule has 1 aliphatic rings. The Morgan fingerprint density at radius 1 is 1.26 bits per heavy atom. The lowest BCUT2D eigenvalue weighted by Gasteiger charge is -2.15. The highest BCUT2D eigenvalue weighted by Crippen LogP contribution is 2.30. The number of carbonyl (C=O) groups excluding carboxylic acids is 1. The molecule has 0 fully saturated rings. The lowest BCUT2D eigenvalue weighted by Crippen LogP contribution is -2.25. The molecule has 1 aliphatic heterocycles. The molecule has 0 bridgehead atoms. The minimum absolute atomic E-state index is 0.114. The number of para-hydroxylation sites is 1. The minimum Gasteiger partial charge on any atom is -0.381 e. The molecule has 23 heavy (non-hydrogen) atoms. The van der Waals surface area contributed by atoms with E-state index in [1.54, 1.807) is 6.92 Å². The smallest absolute Gasteiger partial charge is 0.223 e. The summed E-state index contributed by atoms with van der Waals surface area (Å²) in [5, 5.41) is 4.74. The van der Waals surface area contributed by atoms with Gasteiger partial charge in [-0.2, -0.15) is 0 Å². The van der Waals surface area contributed by atoms with E-state index < -0.39 is 0 Å². The maximum Gasteiger partial charge on any atom is 0.223 e. The summed E-state index contributed by atoms with van der Waals surface area (Å²) in [5.41, 5.74) is 5.81. The van der Waals surface area contributed by atoms with Gasteiger partial charge in [0, 0.05) is 48.5 Å². The number of hydrogen-bond donors (Lipinski definition) is 2. The number of aromatic nitrogens is 1. The summed E-state index contributed by atoms with van der Waals surface area (Å²) in [5.74, 6) is 0.114. The number of nitrogens with zero attached hydrogens (tertiary/aromatic N) is 1. The number of rotatable bonds is 3. The number of fused-ring (bicyclic) bond motifs is 2. The van der Waals surface area contributed by atoms with Gasteiger partial charge in [0.25, 0.3) is 0 Å². The fraction of sp³-hybridized carbons (Fsp3) is 0.211. The normalized spacial score (nSPS) is 13.3. The maximum absolute atomic E-state index is 11.6. The van der Waals surface area contributed by atoms with Gasteiger partial charge in [0.15, 0.2) is 0 Å². The molecule has 1 amide bonds. The van der Waals surface area contributed by atoms with Crippen molar-refractivity contribution in [3.05, 3.63) is 59.8 Å². The van der Waals surface area contributed by atoms with Crippen LogP contribution in [-0.4, -0.2) is 17.4 Å². The van der Waals surface area contributed by atoms with Crippen molar-refractivity contribution in [1.82, 2.24) is 4.98 Å². The molecular weight excluding hydrogens is 286 g/mol. The third-order valence-corrected chi connectivity index (χ3v) is 4.51. The third-order valence-electron chi connectivity index (χ3n) is 4.51. The van der Waals surface area contributed by atoms with Gasteiger partial charge < -0.3 is 15.2 Å². The number of anilines is 2. The molecule has 1 aromatic heterocycles. The first-order valence-electron chi connectivity index (χ1n) is 7.92. The van der Waals surface area contributed by atoms with Crippen LogP contribution in [0.2, 0.25) is 0 Å². The Labute approximate surface area is 135 Å². The molecule has 0 unspecified atom stereocenters. The van der Waals surface area contributed by atoms with Crippen LogP contribution in [0.3, 0.4) is 0 Å². The average Bonchev–Trinajstić information content (AvgIpc) is 3.16. The lowest BCUT2D eigenvalue weighted by atomic mass is 10.1. The fourth-order valence-electron chi connectivity index (χ4n) is 3.31. The molecule has 3 aromatic rings. The van der Waals surface area contributed by atoms with Gasteiger partial charge in [-0.05, 0) is 41.8 Å². The van der Waals surface area contributed by atoms with Crippen LogP contribution < -0.4 is 10.2 Å². The standard InChI is InChI=1S/C19H19N3O/c1-13(23)22-9-8-14-10-16(6-7-19(14)22)20-11-15-12-21-18-5-3-2-4-17(15)18/h2-7,10,12,20-21H,8-9,11H2,1H3. The average molecular weight is 305 g/mol. The second-order valence-electron chi connectivity index (χ2n) is 5.98. The van der Waals surface area contributed by atoms with Crippen LogP contribution in [0.5, 0.6) is 0 Å². The first kappa shape index (κ1) is 13.9. The van der Waals surface area contributed by atoms with Crippen LogP contribution in [-0.2, 0) is 17.8 Å². The van der Waals surface area contributed by atoms with Gasteiger partial charge in [-0.1, -0.05) is 18.2 Å². The van der Waals surface area contributed by atoms with Crippen LogP contribution in [0.4, 0.5) is 11.4 Å². The van der Waals surface area contributed by atoms with Crippen molar-refractivity contribution in [3.63, 3.8) is 0 Å². The predicted molar refractivity (Wildman–Crippen MR) is 93.8 cm³/mol. The van der Waals surface area contributed by atoms with Crippen LogP contribution in [0.25, 0.3) is 10.9 Å². The summed E-state index contributed by atoms with van der Waals surface area (Å²) >= 11 is 0. The van der Waals surface area contributed by atoms with E-state index in [0.717, 1.165) is 36.4 Å². The summed E-state index contributed by atoms with van der Waals surface area (Å²) < 4.78 is 0. The molecule has 4 heteroatoms. The molecule has 4 nitrogen and oxygen atoms in total. The van der Waals surface area contributed by atoms with E-state index in [9.17, 15) is 4.79 Å². The van der Waals surface area contributed by atoms with Crippen molar-refractivity contribution in [3.8, 4) is 0 Å². The van der Waals surface area contributed by atoms with Gasteiger partial charge >= 0.3 is 0 Å². The monoisotopic (exact) mass is 305 g/mol. The summed E-state index contributed by atoms with van der Waals surface area (Å²) in [6.07, 6.45) is 2.99. The van der Waals surface area contributed by atoms with E-state index in [1.807, 2.05) is 17.0 Å². The van der Waals surface area contributed by atoms with E-state index in [2.05, 4.69) is 46.8 Å². The summed E-state index contributed by atoms with van der Waals surface area (Å²) in [4.78, 5) is 16.8. The van der Waals surface area contributed by atoms with Gasteiger partial charge in [-0.25, -0.2) is 0 Å². The highest BCUT2D eigenvalue weighted by molar-refractivity contribution is 5.94. The predicted octanol–water partition coefficient (Wildman–Crippen LogP) is 3.69. The molecule has 2 N–H and O–H groups in total. The third kappa shape index (κ3) is 2.46. The Balaban J connectivity index is 1.53. The van der Waals surface area contributed by atoms with Crippen molar-refractivity contribution in [2.45, 2.75) is 19.9 Å². The van der Waals surface area contributed by atoms with Crippen LogP contribution in [0, 0.1) is 0 Å². The van der Waals surface area contributed by atoms with E-state index >= 15 is 0 Å². The molecule has 2 heterocycles. The first-order valence-corrected chi connectivity index (χ1v) is 7.92. The number of nitrogens with one attached hydrogen (secondary N) is 2. The summed E-state index contributed by atoms with van der Waals surface area (Å²) in [7, 11) is 0. The minimum atomic E-state index is 0.114. The van der Waals surface area contributed by atoms with Gasteiger partial charge in [0.1, 0.15) is 0 Å². The van der Waals surface area contributed by atoms with Crippen LogP contribution >= 0.6 is 0 Å². The molecule has 0 saturated carbocycles. The second kappa shape index (κ2) is 5.47. The Bertz CT molecular complexity index is 881.